The van der Waals surface area contributed by atoms with Crippen LogP contribution in [0, 0.1) is 12.3 Å². The van der Waals surface area contributed by atoms with E-state index in [1.165, 1.54) is 17.6 Å². The molecule has 0 aromatic carbocycles. The fraction of sp³-hybridized carbons (Fsp3) is 0.684. The standard InChI is InChI=1S/C19H30O3/c1-4-18(20)12-11-16(2)8-7-9-17(3)13-15-22-19-10-5-6-14-21-19/h1,8,13,18-20H,5-7,9-12,14-15H2,2-3H3/b16-8+,17-13+. The first-order valence-corrected chi connectivity index (χ1v) is 8.30. The number of allylic oxidation sites excluding steroid dienone is 3. The van der Waals surface area contributed by atoms with Crippen molar-refractivity contribution in [1.29, 1.82) is 0 Å². The summed E-state index contributed by atoms with van der Waals surface area (Å²) < 4.78 is 11.2. The Labute approximate surface area is 135 Å². The zero-order valence-corrected chi connectivity index (χ0v) is 14.0. The summed E-state index contributed by atoms with van der Waals surface area (Å²) in [5.74, 6) is 2.34. The van der Waals surface area contributed by atoms with Crippen molar-refractivity contribution in [3.8, 4) is 12.3 Å². The van der Waals surface area contributed by atoms with Gasteiger partial charge in [-0.1, -0.05) is 29.2 Å². The van der Waals surface area contributed by atoms with E-state index in [4.69, 9.17) is 15.9 Å². The summed E-state index contributed by atoms with van der Waals surface area (Å²) >= 11 is 0. The quantitative estimate of drug-likeness (QED) is 0.517. The van der Waals surface area contributed by atoms with E-state index < -0.39 is 6.10 Å². The molecule has 1 N–H and O–H groups in total. The molecule has 1 aliphatic rings. The summed E-state index contributed by atoms with van der Waals surface area (Å²) in [4.78, 5) is 0. The second-order valence-electron chi connectivity index (χ2n) is 5.99. The molecule has 0 bridgehead atoms. The van der Waals surface area contributed by atoms with E-state index in [0.717, 1.165) is 38.7 Å². The molecular formula is C19H30O3. The number of hydrogen-bond donors (Lipinski definition) is 1. The first-order chi connectivity index (χ1) is 10.6. The molecule has 1 heterocycles. The molecule has 2 unspecified atom stereocenters. The van der Waals surface area contributed by atoms with E-state index in [2.05, 4.69) is 31.9 Å². The van der Waals surface area contributed by atoms with Crippen LogP contribution >= 0.6 is 0 Å². The first kappa shape index (κ1) is 19.0. The Morgan fingerprint density at radius 3 is 2.77 bits per heavy atom. The summed E-state index contributed by atoms with van der Waals surface area (Å²) in [6.45, 7) is 5.68. The molecule has 0 aromatic heterocycles. The lowest BCUT2D eigenvalue weighted by atomic mass is 10.1. The zero-order valence-electron chi connectivity index (χ0n) is 14.0. The number of ether oxygens (including phenoxy) is 2. The van der Waals surface area contributed by atoms with Crippen LogP contribution in [0.3, 0.4) is 0 Å². The summed E-state index contributed by atoms with van der Waals surface area (Å²) in [6, 6.07) is 0. The summed E-state index contributed by atoms with van der Waals surface area (Å²) in [7, 11) is 0. The number of aliphatic hydroxyl groups excluding tert-OH is 1. The van der Waals surface area contributed by atoms with Gasteiger partial charge in [0, 0.05) is 6.61 Å². The van der Waals surface area contributed by atoms with Crippen LogP contribution in [0.2, 0.25) is 0 Å². The number of hydrogen-bond acceptors (Lipinski definition) is 3. The highest BCUT2D eigenvalue weighted by molar-refractivity contribution is 5.05. The topological polar surface area (TPSA) is 38.7 Å². The molecule has 0 aromatic rings. The molecule has 0 saturated carbocycles. The van der Waals surface area contributed by atoms with Crippen LogP contribution in [0.25, 0.3) is 0 Å². The van der Waals surface area contributed by atoms with E-state index in [0.29, 0.717) is 13.0 Å². The van der Waals surface area contributed by atoms with Gasteiger partial charge in [-0.05, 0) is 58.8 Å². The Hall–Kier alpha value is -1.08. The number of terminal acetylenes is 1. The Morgan fingerprint density at radius 1 is 1.32 bits per heavy atom. The van der Waals surface area contributed by atoms with Gasteiger partial charge in [-0.3, -0.25) is 0 Å². The highest BCUT2D eigenvalue weighted by Gasteiger charge is 2.12. The predicted molar refractivity (Wildman–Crippen MR) is 90.4 cm³/mol. The van der Waals surface area contributed by atoms with Gasteiger partial charge in [0.15, 0.2) is 6.29 Å². The van der Waals surface area contributed by atoms with Gasteiger partial charge in [-0.25, -0.2) is 0 Å². The molecule has 2 atom stereocenters. The molecule has 3 heteroatoms. The SMILES string of the molecule is C#CC(O)CC/C(C)=C/CC/C(C)=C/COC1CCCCO1. The van der Waals surface area contributed by atoms with Gasteiger partial charge in [-0.15, -0.1) is 6.42 Å². The molecule has 3 nitrogen and oxygen atoms in total. The maximum Gasteiger partial charge on any atom is 0.157 e. The van der Waals surface area contributed by atoms with Gasteiger partial charge in [-0.2, -0.15) is 0 Å². The molecule has 22 heavy (non-hydrogen) atoms. The molecule has 0 spiro atoms. The van der Waals surface area contributed by atoms with E-state index in [-0.39, 0.29) is 6.29 Å². The lowest BCUT2D eigenvalue weighted by Gasteiger charge is -2.22. The third kappa shape index (κ3) is 9.04. The summed E-state index contributed by atoms with van der Waals surface area (Å²) in [6.07, 6.45) is 15.8. The molecule has 1 saturated heterocycles. The maximum absolute atomic E-state index is 9.33. The van der Waals surface area contributed by atoms with Crippen LogP contribution in [0.15, 0.2) is 23.3 Å². The smallest absolute Gasteiger partial charge is 0.157 e. The number of rotatable bonds is 9. The van der Waals surface area contributed by atoms with Crippen molar-refractivity contribution in [2.45, 2.75) is 71.2 Å². The highest BCUT2D eigenvalue weighted by atomic mass is 16.7. The van der Waals surface area contributed by atoms with Crippen molar-refractivity contribution in [2.75, 3.05) is 13.2 Å². The molecule has 1 aliphatic heterocycles. The molecule has 0 aliphatic carbocycles. The van der Waals surface area contributed by atoms with Crippen molar-refractivity contribution >= 4 is 0 Å². The van der Waals surface area contributed by atoms with Crippen molar-refractivity contribution in [1.82, 2.24) is 0 Å². The van der Waals surface area contributed by atoms with Gasteiger partial charge in [0.05, 0.1) is 6.61 Å². The molecule has 124 valence electrons. The van der Waals surface area contributed by atoms with Gasteiger partial charge in [0.1, 0.15) is 6.10 Å². The molecular weight excluding hydrogens is 276 g/mol. The van der Waals surface area contributed by atoms with E-state index in [1.807, 2.05) is 0 Å². The van der Waals surface area contributed by atoms with Crippen molar-refractivity contribution < 1.29 is 14.6 Å². The van der Waals surface area contributed by atoms with E-state index in [9.17, 15) is 5.11 Å². The normalized spacial score (nSPS) is 21.5. The fourth-order valence-electron chi connectivity index (χ4n) is 2.34. The van der Waals surface area contributed by atoms with Crippen LogP contribution in [0.1, 0.15) is 58.8 Å². The third-order valence-electron chi connectivity index (χ3n) is 3.89. The predicted octanol–water partition coefficient (Wildman–Crippen LogP) is 3.98. The van der Waals surface area contributed by atoms with Crippen molar-refractivity contribution in [3.63, 3.8) is 0 Å². The Bertz CT molecular complexity index is 397. The Kier molecular flexibility index (Phi) is 9.90. The second-order valence-corrected chi connectivity index (χ2v) is 5.99. The largest absolute Gasteiger partial charge is 0.380 e. The number of aliphatic hydroxyl groups is 1. The minimum absolute atomic E-state index is 0.0116. The monoisotopic (exact) mass is 306 g/mol. The Morgan fingerprint density at radius 2 is 2.09 bits per heavy atom. The van der Waals surface area contributed by atoms with Gasteiger partial charge in [0.2, 0.25) is 0 Å². The minimum Gasteiger partial charge on any atom is -0.380 e. The van der Waals surface area contributed by atoms with Crippen LogP contribution < -0.4 is 0 Å². The van der Waals surface area contributed by atoms with E-state index >= 15 is 0 Å². The van der Waals surface area contributed by atoms with Crippen LogP contribution in [-0.4, -0.2) is 30.7 Å². The van der Waals surface area contributed by atoms with E-state index in [1.54, 1.807) is 0 Å². The first-order valence-electron chi connectivity index (χ1n) is 8.30. The average molecular weight is 306 g/mol. The third-order valence-corrected chi connectivity index (χ3v) is 3.89. The zero-order chi connectivity index (χ0) is 16.2. The lowest BCUT2D eigenvalue weighted by Crippen LogP contribution is -2.22. The average Bonchev–Trinajstić information content (AvgIpc) is 2.53. The molecule has 0 radical (unpaired) electrons. The summed E-state index contributed by atoms with van der Waals surface area (Å²) in [5.41, 5.74) is 2.62. The highest BCUT2D eigenvalue weighted by Crippen LogP contribution is 2.14. The van der Waals surface area contributed by atoms with Crippen LogP contribution in [0.5, 0.6) is 0 Å². The lowest BCUT2D eigenvalue weighted by molar-refractivity contribution is -0.155. The fourth-order valence-corrected chi connectivity index (χ4v) is 2.34. The van der Waals surface area contributed by atoms with Gasteiger partial charge in [0.25, 0.3) is 0 Å². The van der Waals surface area contributed by atoms with Crippen molar-refractivity contribution in [2.24, 2.45) is 0 Å². The van der Waals surface area contributed by atoms with Gasteiger partial charge >= 0.3 is 0 Å². The van der Waals surface area contributed by atoms with Crippen molar-refractivity contribution in [3.05, 3.63) is 23.3 Å². The summed E-state index contributed by atoms with van der Waals surface area (Å²) in [5, 5.41) is 9.33. The maximum atomic E-state index is 9.33. The minimum atomic E-state index is -0.621. The molecule has 0 amide bonds. The van der Waals surface area contributed by atoms with Crippen LogP contribution in [-0.2, 0) is 9.47 Å². The molecule has 1 fully saturated rings. The second kappa shape index (κ2) is 11.5. The van der Waals surface area contributed by atoms with Crippen LogP contribution in [0.4, 0.5) is 0 Å². The Balaban J connectivity index is 2.14. The van der Waals surface area contributed by atoms with Gasteiger partial charge < -0.3 is 14.6 Å². The molecule has 1 rings (SSSR count).